The van der Waals surface area contributed by atoms with Crippen LogP contribution in [0.1, 0.15) is 27.8 Å². The number of carbonyl (C=O) groups excluding carboxylic acids is 1. The zero-order valence-corrected chi connectivity index (χ0v) is 13.4. The summed E-state index contributed by atoms with van der Waals surface area (Å²) in [6, 6.07) is 11.5. The summed E-state index contributed by atoms with van der Waals surface area (Å²) in [7, 11) is 0. The summed E-state index contributed by atoms with van der Waals surface area (Å²) < 4.78 is 0. The van der Waals surface area contributed by atoms with E-state index >= 15 is 0 Å². The lowest BCUT2D eigenvalue weighted by Crippen LogP contribution is -2.24. The molecule has 4 nitrogen and oxygen atoms in total. The molecule has 4 heteroatoms. The first-order chi connectivity index (χ1) is 10.5. The van der Waals surface area contributed by atoms with Gasteiger partial charge >= 0.3 is 6.03 Å². The molecule has 2 rings (SSSR count). The number of hydrazone groups is 1. The first-order valence-corrected chi connectivity index (χ1v) is 7.21. The molecule has 114 valence electrons. The molecule has 0 unspecified atom stereocenters. The molecule has 0 spiro atoms. The summed E-state index contributed by atoms with van der Waals surface area (Å²) in [5.41, 5.74) is 8.81. The van der Waals surface area contributed by atoms with Crippen molar-refractivity contribution in [2.45, 2.75) is 27.7 Å². The number of urea groups is 1. The smallest absolute Gasteiger partial charge is 0.306 e. The second kappa shape index (κ2) is 6.89. The van der Waals surface area contributed by atoms with Crippen molar-refractivity contribution >= 4 is 17.9 Å². The van der Waals surface area contributed by atoms with Crippen LogP contribution in [0.25, 0.3) is 0 Å². The minimum Gasteiger partial charge on any atom is -0.306 e. The number of hydrogen-bond acceptors (Lipinski definition) is 2. The predicted molar refractivity (Wildman–Crippen MR) is 91.6 cm³/mol. The van der Waals surface area contributed by atoms with E-state index in [1.807, 2.05) is 45.0 Å². The van der Waals surface area contributed by atoms with E-state index in [2.05, 4.69) is 34.9 Å². The van der Waals surface area contributed by atoms with Crippen molar-refractivity contribution in [2.75, 3.05) is 5.32 Å². The van der Waals surface area contributed by atoms with E-state index in [-0.39, 0.29) is 6.03 Å². The maximum absolute atomic E-state index is 11.8. The fourth-order valence-electron chi connectivity index (χ4n) is 2.41. The summed E-state index contributed by atoms with van der Waals surface area (Å²) >= 11 is 0. The van der Waals surface area contributed by atoms with E-state index < -0.39 is 0 Å². The van der Waals surface area contributed by atoms with Gasteiger partial charge in [-0.1, -0.05) is 35.9 Å². The number of carbonyl (C=O) groups is 1. The van der Waals surface area contributed by atoms with Crippen molar-refractivity contribution in [3.05, 3.63) is 64.2 Å². The van der Waals surface area contributed by atoms with Gasteiger partial charge in [0.25, 0.3) is 0 Å². The Labute approximate surface area is 131 Å². The van der Waals surface area contributed by atoms with Crippen molar-refractivity contribution in [1.29, 1.82) is 0 Å². The molecule has 2 N–H and O–H groups in total. The topological polar surface area (TPSA) is 53.5 Å². The summed E-state index contributed by atoms with van der Waals surface area (Å²) in [6.45, 7) is 8.08. The standard InChI is InChI=1S/C18H21N3O/c1-12-9-14(3)16(15(4)10-12)11-19-21-18(22)20-17-8-6-5-7-13(17)2/h5-11H,1-4H3,(H2,20,21,22). The highest BCUT2D eigenvalue weighted by molar-refractivity contribution is 5.91. The summed E-state index contributed by atoms with van der Waals surface area (Å²) in [4.78, 5) is 11.8. The van der Waals surface area contributed by atoms with E-state index in [0.29, 0.717) is 0 Å². The Morgan fingerprint density at radius 3 is 2.27 bits per heavy atom. The van der Waals surface area contributed by atoms with Crippen LogP contribution in [0.3, 0.4) is 0 Å². The van der Waals surface area contributed by atoms with E-state index in [9.17, 15) is 4.79 Å². The third kappa shape index (κ3) is 3.95. The van der Waals surface area contributed by atoms with Gasteiger partial charge in [-0.15, -0.1) is 0 Å². The molecule has 0 aliphatic carbocycles. The van der Waals surface area contributed by atoms with Crippen LogP contribution in [0.4, 0.5) is 10.5 Å². The number of nitrogens with zero attached hydrogens (tertiary/aromatic N) is 1. The third-order valence-corrected chi connectivity index (χ3v) is 3.49. The highest BCUT2D eigenvalue weighted by Gasteiger charge is 2.03. The van der Waals surface area contributed by atoms with Crippen LogP contribution in [-0.4, -0.2) is 12.2 Å². The third-order valence-electron chi connectivity index (χ3n) is 3.49. The minimum absolute atomic E-state index is 0.354. The first-order valence-electron chi connectivity index (χ1n) is 7.21. The van der Waals surface area contributed by atoms with Gasteiger partial charge in [-0.3, -0.25) is 0 Å². The molecule has 0 atom stereocenters. The van der Waals surface area contributed by atoms with Crippen LogP contribution in [0, 0.1) is 27.7 Å². The number of anilines is 1. The van der Waals surface area contributed by atoms with Crippen LogP contribution >= 0.6 is 0 Å². The number of nitrogens with one attached hydrogen (secondary N) is 2. The Hall–Kier alpha value is -2.62. The van der Waals surface area contributed by atoms with Crippen molar-refractivity contribution < 1.29 is 4.79 Å². The van der Waals surface area contributed by atoms with Gasteiger partial charge in [-0.05, 0) is 50.5 Å². The Balaban J connectivity index is 2.01. The minimum atomic E-state index is -0.354. The molecule has 2 aromatic rings. The van der Waals surface area contributed by atoms with Gasteiger partial charge in [0, 0.05) is 11.3 Å². The zero-order valence-electron chi connectivity index (χ0n) is 13.4. The molecule has 0 fully saturated rings. The number of benzene rings is 2. The Bertz CT molecular complexity index is 697. The highest BCUT2D eigenvalue weighted by atomic mass is 16.2. The molecule has 22 heavy (non-hydrogen) atoms. The number of amides is 2. The van der Waals surface area contributed by atoms with Crippen LogP contribution in [0.2, 0.25) is 0 Å². The second-order valence-electron chi connectivity index (χ2n) is 5.45. The summed E-state index contributed by atoms with van der Waals surface area (Å²) in [5.74, 6) is 0. The van der Waals surface area contributed by atoms with E-state index in [4.69, 9.17) is 0 Å². The molecule has 0 saturated carbocycles. The summed E-state index contributed by atoms with van der Waals surface area (Å²) in [6.07, 6.45) is 1.68. The van der Waals surface area contributed by atoms with Gasteiger partial charge in [0.15, 0.2) is 0 Å². The molecule has 2 aromatic carbocycles. The average Bonchev–Trinajstić information content (AvgIpc) is 2.44. The van der Waals surface area contributed by atoms with Gasteiger partial charge in [0.2, 0.25) is 0 Å². The Morgan fingerprint density at radius 2 is 1.64 bits per heavy atom. The van der Waals surface area contributed by atoms with Crippen molar-refractivity contribution in [1.82, 2.24) is 5.43 Å². The van der Waals surface area contributed by atoms with E-state index in [1.54, 1.807) is 6.21 Å². The van der Waals surface area contributed by atoms with Crippen LogP contribution < -0.4 is 10.7 Å². The predicted octanol–water partition coefficient (Wildman–Crippen LogP) is 4.08. The van der Waals surface area contributed by atoms with Crippen molar-refractivity contribution in [3.8, 4) is 0 Å². The van der Waals surface area contributed by atoms with Crippen molar-refractivity contribution in [3.63, 3.8) is 0 Å². The molecule has 0 aliphatic heterocycles. The number of para-hydroxylation sites is 1. The molecule has 0 aromatic heterocycles. The fraction of sp³-hybridized carbons (Fsp3) is 0.222. The summed E-state index contributed by atoms with van der Waals surface area (Å²) in [5, 5.41) is 6.80. The molecule has 2 amide bonds. The monoisotopic (exact) mass is 295 g/mol. The Morgan fingerprint density at radius 1 is 1.00 bits per heavy atom. The van der Waals surface area contributed by atoms with Crippen LogP contribution in [0.15, 0.2) is 41.5 Å². The molecule has 0 heterocycles. The quantitative estimate of drug-likeness (QED) is 0.650. The van der Waals surface area contributed by atoms with E-state index in [0.717, 1.165) is 27.9 Å². The molecular weight excluding hydrogens is 274 g/mol. The lowest BCUT2D eigenvalue weighted by atomic mass is 10.0. The zero-order chi connectivity index (χ0) is 16.1. The normalized spacial score (nSPS) is 10.7. The SMILES string of the molecule is Cc1cc(C)c(C=NNC(=O)Nc2ccccc2C)c(C)c1. The molecular formula is C18H21N3O. The first kappa shape index (κ1) is 15.8. The highest BCUT2D eigenvalue weighted by Crippen LogP contribution is 2.14. The number of hydrogen-bond donors (Lipinski definition) is 2. The fourth-order valence-corrected chi connectivity index (χ4v) is 2.41. The second-order valence-corrected chi connectivity index (χ2v) is 5.45. The van der Waals surface area contributed by atoms with Crippen molar-refractivity contribution in [2.24, 2.45) is 5.10 Å². The maximum Gasteiger partial charge on any atom is 0.339 e. The van der Waals surface area contributed by atoms with Gasteiger partial charge in [-0.25, -0.2) is 10.2 Å². The maximum atomic E-state index is 11.8. The van der Waals surface area contributed by atoms with Gasteiger partial charge in [0.1, 0.15) is 0 Å². The van der Waals surface area contributed by atoms with Crippen LogP contribution in [-0.2, 0) is 0 Å². The van der Waals surface area contributed by atoms with Gasteiger partial charge < -0.3 is 5.32 Å². The molecule has 0 aliphatic rings. The molecule has 0 bridgehead atoms. The van der Waals surface area contributed by atoms with E-state index in [1.165, 1.54) is 5.56 Å². The van der Waals surface area contributed by atoms with Gasteiger partial charge in [0.05, 0.1) is 6.21 Å². The average molecular weight is 295 g/mol. The molecule has 0 radical (unpaired) electrons. The largest absolute Gasteiger partial charge is 0.339 e. The van der Waals surface area contributed by atoms with Crippen LogP contribution in [0.5, 0.6) is 0 Å². The number of aryl methyl sites for hydroxylation is 4. The molecule has 0 saturated heterocycles. The lowest BCUT2D eigenvalue weighted by molar-refractivity contribution is 0.252. The lowest BCUT2D eigenvalue weighted by Gasteiger charge is -2.08. The number of rotatable bonds is 3. The van der Waals surface area contributed by atoms with Gasteiger partial charge in [-0.2, -0.15) is 5.10 Å². The Kier molecular flexibility index (Phi) is 4.94.